The summed E-state index contributed by atoms with van der Waals surface area (Å²) in [6.07, 6.45) is 2.03. The molecule has 0 aromatic rings. The van der Waals surface area contributed by atoms with Crippen LogP contribution < -0.4 is 5.32 Å². The third-order valence-corrected chi connectivity index (χ3v) is 1.68. The molecule has 0 saturated carbocycles. The van der Waals surface area contributed by atoms with E-state index in [2.05, 4.69) is 12.2 Å². The van der Waals surface area contributed by atoms with Crippen LogP contribution in [0, 0.1) is 0 Å². The number of carbonyl (C=O) groups is 1. The second-order valence-electron chi connectivity index (χ2n) is 3.62. The maximum absolute atomic E-state index is 11.1. The maximum Gasteiger partial charge on any atom is 0.320 e. The Morgan fingerprint density at radius 3 is 2.46 bits per heavy atom. The lowest BCUT2D eigenvalue weighted by Crippen LogP contribution is -2.31. The highest BCUT2D eigenvalue weighted by Gasteiger charge is 2.08. The van der Waals surface area contributed by atoms with Gasteiger partial charge in [0.1, 0.15) is 0 Å². The van der Waals surface area contributed by atoms with Crippen molar-refractivity contribution in [2.75, 3.05) is 6.54 Å². The zero-order valence-corrected chi connectivity index (χ0v) is 9.09. The normalized spacial score (nSPS) is 13.0. The molecule has 0 heterocycles. The highest BCUT2D eigenvalue weighted by Crippen LogP contribution is 2.00. The quantitative estimate of drug-likeness (QED) is 0.643. The molecule has 13 heavy (non-hydrogen) atoms. The fraction of sp³-hybridized carbons (Fsp3) is 0.900. The summed E-state index contributed by atoms with van der Waals surface area (Å²) in [6.45, 7) is 8.32. The Morgan fingerprint density at radius 1 is 1.38 bits per heavy atom. The smallest absolute Gasteiger partial charge is 0.320 e. The lowest BCUT2D eigenvalue weighted by molar-refractivity contribution is -0.147. The van der Waals surface area contributed by atoms with E-state index >= 15 is 0 Å². The Balaban J connectivity index is 3.50. The van der Waals surface area contributed by atoms with Gasteiger partial charge in [0.15, 0.2) is 0 Å². The highest BCUT2D eigenvalue weighted by molar-refractivity contribution is 5.71. The van der Waals surface area contributed by atoms with Gasteiger partial charge in [0.2, 0.25) is 0 Å². The van der Waals surface area contributed by atoms with Crippen molar-refractivity contribution in [1.82, 2.24) is 5.32 Å². The molecule has 0 fully saturated rings. The van der Waals surface area contributed by atoms with E-state index in [1.54, 1.807) is 0 Å². The zero-order valence-electron chi connectivity index (χ0n) is 9.09. The number of hydrogen-bond donors (Lipinski definition) is 1. The monoisotopic (exact) mass is 187 g/mol. The van der Waals surface area contributed by atoms with Crippen molar-refractivity contribution in [3.8, 4) is 0 Å². The molecular formula is C10H21NO2. The van der Waals surface area contributed by atoms with E-state index in [0.29, 0.717) is 12.6 Å². The van der Waals surface area contributed by atoms with Crippen LogP contribution in [-0.4, -0.2) is 24.7 Å². The predicted octanol–water partition coefficient (Wildman–Crippen LogP) is 1.72. The third-order valence-electron chi connectivity index (χ3n) is 1.68. The molecule has 0 bridgehead atoms. The number of hydrogen-bond acceptors (Lipinski definition) is 3. The van der Waals surface area contributed by atoms with Gasteiger partial charge in [-0.25, -0.2) is 0 Å². The van der Waals surface area contributed by atoms with Gasteiger partial charge in [0.05, 0.1) is 12.6 Å². The highest BCUT2D eigenvalue weighted by atomic mass is 16.5. The molecule has 0 aliphatic heterocycles. The Bertz CT molecular complexity index is 146. The van der Waals surface area contributed by atoms with Gasteiger partial charge in [-0.2, -0.15) is 0 Å². The molecule has 0 aliphatic rings. The SMILES string of the molecule is CCCC(C)OC(=O)CNC(C)C. The van der Waals surface area contributed by atoms with Crippen LogP contribution in [0.2, 0.25) is 0 Å². The maximum atomic E-state index is 11.1. The molecule has 3 heteroatoms. The van der Waals surface area contributed by atoms with Crippen LogP contribution in [0.25, 0.3) is 0 Å². The van der Waals surface area contributed by atoms with E-state index in [1.165, 1.54) is 0 Å². The minimum absolute atomic E-state index is 0.0477. The molecular weight excluding hydrogens is 166 g/mol. The van der Waals surface area contributed by atoms with E-state index in [0.717, 1.165) is 12.8 Å². The molecule has 1 N–H and O–H groups in total. The first-order valence-corrected chi connectivity index (χ1v) is 4.99. The molecule has 1 atom stereocenters. The van der Waals surface area contributed by atoms with Gasteiger partial charge < -0.3 is 10.1 Å². The summed E-state index contributed by atoms with van der Waals surface area (Å²) in [5.74, 6) is -0.158. The van der Waals surface area contributed by atoms with E-state index in [9.17, 15) is 4.79 Å². The van der Waals surface area contributed by atoms with E-state index in [1.807, 2.05) is 20.8 Å². The van der Waals surface area contributed by atoms with Gasteiger partial charge in [-0.05, 0) is 13.3 Å². The van der Waals surface area contributed by atoms with Crippen LogP contribution in [0.4, 0.5) is 0 Å². The second-order valence-corrected chi connectivity index (χ2v) is 3.62. The van der Waals surface area contributed by atoms with E-state index in [-0.39, 0.29) is 12.1 Å². The summed E-state index contributed by atoms with van der Waals surface area (Å²) in [4.78, 5) is 11.1. The molecule has 0 saturated heterocycles. The van der Waals surface area contributed by atoms with Gasteiger partial charge in [0.25, 0.3) is 0 Å². The first-order chi connectivity index (χ1) is 6.06. The first-order valence-electron chi connectivity index (χ1n) is 4.99. The Hall–Kier alpha value is -0.570. The molecule has 1 unspecified atom stereocenters. The molecule has 0 rings (SSSR count). The summed E-state index contributed by atoms with van der Waals surface area (Å²) in [5.41, 5.74) is 0. The summed E-state index contributed by atoms with van der Waals surface area (Å²) < 4.78 is 5.14. The van der Waals surface area contributed by atoms with Crippen LogP contribution in [0.5, 0.6) is 0 Å². The third kappa shape index (κ3) is 7.78. The minimum atomic E-state index is -0.158. The van der Waals surface area contributed by atoms with Crippen LogP contribution in [0.1, 0.15) is 40.5 Å². The van der Waals surface area contributed by atoms with Crippen molar-refractivity contribution in [2.45, 2.75) is 52.7 Å². The number of esters is 1. The van der Waals surface area contributed by atoms with Crippen LogP contribution in [-0.2, 0) is 9.53 Å². The lowest BCUT2D eigenvalue weighted by atomic mass is 10.2. The Labute approximate surface area is 80.8 Å². The van der Waals surface area contributed by atoms with E-state index < -0.39 is 0 Å². The Kier molecular flexibility index (Phi) is 6.59. The predicted molar refractivity (Wildman–Crippen MR) is 53.6 cm³/mol. The molecule has 0 amide bonds. The molecule has 3 nitrogen and oxygen atoms in total. The molecule has 0 aromatic carbocycles. The van der Waals surface area contributed by atoms with Crippen LogP contribution >= 0.6 is 0 Å². The van der Waals surface area contributed by atoms with Crippen molar-refractivity contribution in [1.29, 1.82) is 0 Å². The second kappa shape index (κ2) is 6.89. The molecule has 78 valence electrons. The fourth-order valence-corrected chi connectivity index (χ4v) is 1.02. The number of rotatable bonds is 6. The van der Waals surface area contributed by atoms with Gasteiger partial charge >= 0.3 is 5.97 Å². The molecule has 0 spiro atoms. The Morgan fingerprint density at radius 2 is 2.00 bits per heavy atom. The summed E-state index contributed by atoms with van der Waals surface area (Å²) in [6, 6.07) is 0.328. The molecule has 0 aliphatic carbocycles. The van der Waals surface area contributed by atoms with Gasteiger partial charge in [-0.15, -0.1) is 0 Å². The molecule has 0 radical (unpaired) electrons. The largest absolute Gasteiger partial charge is 0.462 e. The summed E-state index contributed by atoms with van der Waals surface area (Å²) >= 11 is 0. The minimum Gasteiger partial charge on any atom is -0.462 e. The van der Waals surface area contributed by atoms with Crippen molar-refractivity contribution < 1.29 is 9.53 Å². The zero-order chi connectivity index (χ0) is 10.3. The number of ether oxygens (including phenoxy) is 1. The standard InChI is InChI=1S/C10H21NO2/c1-5-6-9(4)13-10(12)7-11-8(2)3/h8-9,11H,5-7H2,1-4H3. The fourth-order valence-electron chi connectivity index (χ4n) is 1.02. The number of carbonyl (C=O) groups excluding carboxylic acids is 1. The summed E-state index contributed by atoms with van der Waals surface area (Å²) in [5, 5.41) is 3.02. The average molecular weight is 187 g/mol. The van der Waals surface area contributed by atoms with Crippen molar-refractivity contribution in [3.63, 3.8) is 0 Å². The van der Waals surface area contributed by atoms with Crippen molar-refractivity contribution in [3.05, 3.63) is 0 Å². The van der Waals surface area contributed by atoms with Crippen LogP contribution in [0.3, 0.4) is 0 Å². The first kappa shape index (κ1) is 12.4. The van der Waals surface area contributed by atoms with Gasteiger partial charge in [0, 0.05) is 6.04 Å². The van der Waals surface area contributed by atoms with E-state index in [4.69, 9.17) is 4.74 Å². The average Bonchev–Trinajstić information content (AvgIpc) is 2.01. The topological polar surface area (TPSA) is 38.3 Å². The van der Waals surface area contributed by atoms with Crippen LogP contribution in [0.15, 0.2) is 0 Å². The molecule has 0 aromatic heterocycles. The summed E-state index contributed by atoms with van der Waals surface area (Å²) in [7, 11) is 0. The lowest BCUT2D eigenvalue weighted by Gasteiger charge is -2.13. The number of nitrogens with one attached hydrogen (secondary N) is 1. The van der Waals surface area contributed by atoms with Gasteiger partial charge in [-0.1, -0.05) is 27.2 Å². The van der Waals surface area contributed by atoms with Gasteiger partial charge in [-0.3, -0.25) is 4.79 Å². The van der Waals surface area contributed by atoms with Crippen molar-refractivity contribution >= 4 is 5.97 Å². The van der Waals surface area contributed by atoms with Crippen molar-refractivity contribution in [2.24, 2.45) is 0 Å².